The number of aromatic hydroxyl groups is 1. The summed E-state index contributed by atoms with van der Waals surface area (Å²) in [7, 11) is -9.85. The average Bonchev–Trinajstić information content (AvgIpc) is 0.860. The fourth-order valence-corrected chi connectivity index (χ4v) is 15.1. The Hall–Kier alpha value is -5.20. The van der Waals surface area contributed by atoms with Gasteiger partial charge in [0.25, 0.3) is 0 Å². The summed E-state index contributed by atoms with van der Waals surface area (Å²) in [5.41, 5.74) is 0.465. The van der Waals surface area contributed by atoms with E-state index >= 15 is 0 Å². The van der Waals surface area contributed by atoms with Crippen LogP contribution in [0.4, 0.5) is 0 Å². The zero-order valence-corrected chi connectivity index (χ0v) is 76.4. The minimum atomic E-state index is -4.93. The maximum Gasteiger partial charge on any atom is 0.472 e. The van der Waals surface area contributed by atoms with Gasteiger partial charge in [0.2, 0.25) is 23.6 Å². The van der Waals surface area contributed by atoms with Crippen molar-refractivity contribution < 1.29 is 99.4 Å². The van der Waals surface area contributed by atoms with E-state index in [0.29, 0.717) is 56.9 Å². The van der Waals surface area contributed by atoms with Crippen LogP contribution in [-0.2, 0) is 90.9 Å². The second-order valence-electron chi connectivity index (χ2n) is 32.1. The number of Topliss-reactive ketones (excluding diaryl/α,β-unsaturated/α-hetero) is 2. The van der Waals surface area contributed by atoms with Gasteiger partial charge in [0.1, 0.15) is 35.4 Å². The molecule has 25 nitrogen and oxygen atoms in total. The van der Waals surface area contributed by atoms with Crippen LogP contribution in [-0.4, -0.2) is 152 Å². The van der Waals surface area contributed by atoms with Crippen molar-refractivity contribution in [1.82, 2.24) is 21.3 Å². The highest BCUT2D eigenvalue weighted by Crippen LogP contribution is 2.44. The van der Waals surface area contributed by atoms with Crippen LogP contribution in [0.1, 0.15) is 381 Å². The molecule has 0 spiro atoms. The molecular weight excluding hydrogens is 1560 g/mol. The van der Waals surface area contributed by atoms with Gasteiger partial charge >= 0.3 is 27.6 Å². The number of nitrogens with one attached hydrogen (secondary N) is 4. The third kappa shape index (κ3) is 69.9. The number of unbranched alkanes of at least 4 members (excludes halogenated alkanes) is 34. The van der Waals surface area contributed by atoms with Crippen molar-refractivity contribution >= 4 is 62.8 Å². The molecule has 4 amide bonds. The molecule has 0 aliphatic carbocycles. The molecule has 0 aromatic heterocycles. The number of carbonyl (C=O) groups is 8. The second-order valence-corrected chi connectivity index (χ2v) is 35.0. The summed E-state index contributed by atoms with van der Waals surface area (Å²) in [6, 6.07) is 3.69. The molecule has 4 unspecified atom stereocenters. The zero-order valence-electron chi connectivity index (χ0n) is 74.6. The van der Waals surface area contributed by atoms with E-state index in [1.165, 1.54) is 114 Å². The minimum Gasteiger partial charge on any atom is -0.508 e. The van der Waals surface area contributed by atoms with E-state index in [4.69, 9.17) is 37.0 Å². The lowest BCUT2D eigenvalue weighted by Gasteiger charge is -2.22. The monoisotopic (exact) mass is 1720 g/mol. The van der Waals surface area contributed by atoms with Crippen LogP contribution in [0.15, 0.2) is 48.6 Å². The van der Waals surface area contributed by atoms with Crippen molar-refractivity contribution in [2.45, 2.75) is 406 Å². The summed E-state index contributed by atoms with van der Waals surface area (Å²) < 4.78 is 72.2. The summed E-state index contributed by atoms with van der Waals surface area (Å²) in [4.78, 5) is 129. The Morgan fingerprint density at radius 2 is 0.689 bits per heavy atom. The number of phosphoric acid groups is 2. The number of phenolic OH excluding ortho intramolecular Hbond substituents is 1. The van der Waals surface area contributed by atoms with E-state index in [2.05, 4.69) is 87.1 Å². The third-order valence-corrected chi connectivity index (χ3v) is 22.7. The number of esters is 2. The molecule has 6 atom stereocenters. The quantitative estimate of drug-likeness (QED) is 0.0105. The predicted molar refractivity (Wildman–Crippen MR) is 472 cm³/mol. The number of hydrogen-bond donors (Lipinski definition) is 7. The number of allylic oxidation sites excluding steroid dienone is 4. The SMILES string of the molecule is CCCCCCC=CCCCC(=O)O[C@H](CCCCCCC)CCOCC(COP(=O)(O)OCCNC(=O)C(Cc1ccc(O)cc1)C(=O)NCCOP(=O)(O)OCC(COCC[C@@H](CCCCCCC)OC(=O)CCCC=CCCCCCC)NC(=O)CC(=O)CCCCCCCCCCC)NC(=O)CC(=O)CCCCCCCCCCC. The van der Waals surface area contributed by atoms with Crippen molar-refractivity contribution in [2.24, 2.45) is 5.92 Å². The molecule has 0 heterocycles. The lowest BCUT2D eigenvalue weighted by molar-refractivity contribution is -0.151. The first-order valence-corrected chi connectivity index (χ1v) is 49.6. The summed E-state index contributed by atoms with van der Waals surface area (Å²) in [6.45, 7) is 9.67. The zero-order chi connectivity index (χ0) is 87.4. The van der Waals surface area contributed by atoms with Gasteiger partial charge in [-0.1, -0.05) is 271 Å². The molecule has 1 aromatic carbocycles. The number of amides is 4. The number of ether oxygens (including phenoxy) is 4. The van der Waals surface area contributed by atoms with Gasteiger partial charge in [0.15, 0.2) is 0 Å². The Labute approximate surface area is 717 Å². The van der Waals surface area contributed by atoms with Crippen LogP contribution in [0.2, 0.25) is 0 Å². The maximum atomic E-state index is 13.9. The first-order valence-electron chi connectivity index (χ1n) is 46.6. The smallest absolute Gasteiger partial charge is 0.472 e. The molecule has 1 rings (SSSR count). The fraction of sp³-hybridized carbons (Fsp3) is 0.804. The number of carbonyl (C=O) groups excluding carboxylic acids is 8. The average molecular weight is 1720 g/mol. The number of rotatable bonds is 86. The Morgan fingerprint density at radius 1 is 0.370 bits per heavy atom. The molecule has 688 valence electrons. The summed E-state index contributed by atoms with van der Waals surface area (Å²) in [6.07, 6.45) is 53.6. The van der Waals surface area contributed by atoms with Crippen LogP contribution in [0, 0.1) is 5.92 Å². The van der Waals surface area contributed by atoms with E-state index in [1.54, 1.807) is 0 Å². The van der Waals surface area contributed by atoms with Crippen LogP contribution >= 0.6 is 15.6 Å². The third-order valence-electron chi connectivity index (χ3n) is 20.7. The number of benzene rings is 1. The summed E-state index contributed by atoms with van der Waals surface area (Å²) >= 11 is 0. The topological polar surface area (TPSA) is 353 Å². The molecule has 0 radical (unpaired) electrons. The molecule has 7 N–H and O–H groups in total. The number of hydrogen-bond acceptors (Lipinski definition) is 19. The van der Waals surface area contributed by atoms with Gasteiger partial charge in [-0.15, -0.1) is 0 Å². The highest BCUT2D eigenvalue weighted by molar-refractivity contribution is 7.47. The Balaban J connectivity index is 3.17. The van der Waals surface area contributed by atoms with Crippen LogP contribution < -0.4 is 21.3 Å². The molecule has 27 heteroatoms. The van der Waals surface area contributed by atoms with E-state index in [0.717, 1.165) is 154 Å². The molecular formula is C92H164N4O21P2. The number of ketones is 2. The molecule has 0 aliphatic rings. The Kier molecular flexibility index (Phi) is 72.9. The first-order chi connectivity index (χ1) is 57.6. The lowest BCUT2D eigenvalue weighted by atomic mass is 9.97. The number of phenols is 1. The molecule has 0 saturated heterocycles. The van der Waals surface area contributed by atoms with Crippen LogP contribution in [0.25, 0.3) is 0 Å². The van der Waals surface area contributed by atoms with E-state index in [1.807, 2.05) is 0 Å². The first kappa shape index (κ1) is 112. The van der Waals surface area contributed by atoms with Gasteiger partial charge in [0, 0.05) is 51.6 Å². The standard InChI is InChI=1S/C92H164N4O21P2/c1-7-13-19-25-29-33-37-43-47-53-82(98)72-87(100)95-79(74-110-67-63-84(55-49-41-23-17-11-5)116-89(102)57-51-45-39-35-31-27-21-15-9-3)76-114-118(106,107)112-69-65-93-91(104)86(71-78-59-61-81(97)62-60-78)92(105)94-66-70-113-119(108,109)115-77-80(96-88(101)73-83(99)54-48-44-38-34-30-26-20-14-8-2)75-111-68-64-85(56-50-42-24-18-12-6)117-90(103)58-52-46-40-36-32-28-22-16-10-4/h35-36,39-40,59-62,79-80,84-86,97H,7-34,37-38,41-58,63-77H2,1-6H3,(H,93,104)(H,94,105)(H,95,100)(H,96,101)(H,106,107)(H,108,109)/t79?,80?,84-,85-,86?/m1/s1. The highest BCUT2D eigenvalue weighted by atomic mass is 31.2. The maximum absolute atomic E-state index is 13.9. The van der Waals surface area contributed by atoms with Gasteiger partial charge in [-0.2, -0.15) is 0 Å². The van der Waals surface area contributed by atoms with Crippen molar-refractivity contribution in [3.8, 4) is 5.75 Å². The number of phosphoric ester groups is 2. The summed E-state index contributed by atoms with van der Waals surface area (Å²) in [5.74, 6) is -5.55. The van der Waals surface area contributed by atoms with E-state index in [-0.39, 0.29) is 87.8 Å². The largest absolute Gasteiger partial charge is 0.508 e. The molecule has 0 aliphatic heterocycles. The molecule has 0 bridgehead atoms. The van der Waals surface area contributed by atoms with Crippen LogP contribution in [0.5, 0.6) is 5.75 Å². The van der Waals surface area contributed by atoms with Crippen molar-refractivity contribution in [3.63, 3.8) is 0 Å². The molecule has 1 aromatic rings. The normalized spacial score (nSPS) is 13.9. The van der Waals surface area contributed by atoms with Crippen molar-refractivity contribution in [3.05, 3.63) is 54.1 Å². The predicted octanol–water partition coefficient (Wildman–Crippen LogP) is 20.5. The van der Waals surface area contributed by atoms with E-state index < -0.39 is 122 Å². The Morgan fingerprint density at radius 3 is 1.04 bits per heavy atom. The van der Waals surface area contributed by atoms with Gasteiger partial charge in [0.05, 0.1) is 77.8 Å². The molecule has 119 heavy (non-hydrogen) atoms. The van der Waals surface area contributed by atoms with Crippen molar-refractivity contribution in [2.75, 3.05) is 65.9 Å². The van der Waals surface area contributed by atoms with Crippen LogP contribution in [0.3, 0.4) is 0 Å². The van der Waals surface area contributed by atoms with Gasteiger partial charge in [-0.25, -0.2) is 9.13 Å². The van der Waals surface area contributed by atoms with Gasteiger partial charge < -0.3 is 55.1 Å². The minimum absolute atomic E-state index is 0.0689. The fourth-order valence-electron chi connectivity index (χ4n) is 13.6. The molecule has 0 saturated carbocycles. The Bertz CT molecular complexity index is 2740. The van der Waals surface area contributed by atoms with E-state index in [9.17, 15) is 62.4 Å². The lowest BCUT2D eigenvalue weighted by Crippen LogP contribution is -2.44. The van der Waals surface area contributed by atoms with Gasteiger partial charge in [-0.05, 0) is 114 Å². The van der Waals surface area contributed by atoms with Crippen molar-refractivity contribution in [1.29, 1.82) is 0 Å². The molecule has 0 fully saturated rings. The summed E-state index contributed by atoms with van der Waals surface area (Å²) in [5, 5.41) is 20.5. The second kappa shape index (κ2) is 77.6. The van der Waals surface area contributed by atoms with Gasteiger partial charge in [-0.3, -0.25) is 56.5 Å². The highest BCUT2D eigenvalue weighted by Gasteiger charge is 2.31.